The van der Waals surface area contributed by atoms with Crippen LogP contribution < -0.4 is 9.47 Å². The fourth-order valence-electron chi connectivity index (χ4n) is 0.832. The summed E-state index contributed by atoms with van der Waals surface area (Å²) in [5.74, 6) is 0.894. The molecule has 0 aliphatic carbocycles. The topological polar surface area (TPSA) is 58.9 Å². The van der Waals surface area contributed by atoms with Gasteiger partial charge >= 0.3 is 0 Å². The highest BCUT2D eigenvalue weighted by Crippen LogP contribution is 2.26. The van der Waals surface area contributed by atoms with Crippen LogP contribution >= 0.6 is 0 Å². The summed E-state index contributed by atoms with van der Waals surface area (Å²) >= 11 is 0. The molecule has 0 saturated carbocycles. The maximum absolute atomic E-state index is 9.11. The van der Waals surface area contributed by atoms with Gasteiger partial charge in [-0.3, -0.25) is 0 Å². The summed E-state index contributed by atoms with van der Waals surface area (Å²) in [5, 5.41) is 17.5. The third-order valence-corrected chi connectivity index (χ3v) is 1.33. The number of hydrogen-bond acceptors (Lipinski definition) is 4. The van der Waals surface area contributed by atoms with E-state index in [2.05, 4.69) is 0 Å². The molecule has 12 heavy (non-hydrogen) atoms. The first-order valence-corrected chi connectivity index (χ1v) is 3.38. The third-order valence-electron chi connectivity index (χ3n) is 1.33. The Bertz CT molecular complexity index is 259. The van der Waals surface area contributed by atoms with Crippen LogP contribution in [0.4, 0.5) is 0 Å². The molecular formula is C8H10O4. The van der Waals surface area contributed by atoms with E-state index in [1.165, 1.54) is 19.2 Å². The van der Waals surface area contributed by atoms with Crippen molar-refractivity contribution in [3.05, 3.63) is 18.2 Å². The number of phenolic OH excluding ortho intramolecular Hbond substituents is 1. The molecule has 0 radical (unpaired) electrons. The molecule has 0 amide bonds. The molecule has 66 valence electrons. The van der Waals surface area contributed by atoms with Crippen molar-refractivity contribution in [1.82, 2.24) is 0 Å². The molecule has 0 aromatic heterocycles. The number of aliphatic hydroxyl groups is 1. The van der Waals surface area contributed by atoms with E-state index < -0.39 is 6.79 Å². The molecule has 0 aliphatic heterocycles. The maximum Gasteiger partial charge on any atom is 0.186 e. The van der Waals surface area contributed by atoms with E-state index in [1.54, 1.807) is 6.07 Å². The van der Waals surface area contributed by atoms with Gasteiger partial charge in [0.1, 0.15) is 17.2 Å². The van der Waals surface area contributed by atoms with E-state index in [-0.39, 0.29) is 5.75 Å². The Kier molecular flexibility index (Phi) is 2.76. The number of methoxy groups -OCH3 is 1. The van der Waals surface area contributed by atoms with Crippen molar-refractivity contribution in [3.63, 3.8) is 0 Å². The van der Waals surface area contributed by atoms with Gasteiger partial charge in [0.15, 0.2) is 6.79 Å². The summed E-state index contributed by atoms with van der Waals surface area (Å²) in [6, 6.07) is 4.40. The molecule has 4 nitrogen and oxygen atoms in total. The average Bonchev–Trinajstić information content (AvgIpc) is 2.04. The van der Waals surface area contributed by atoms with Gasteiger partial charge in [0, 0.05) is 18.2 Å². The SMILES string of the molecule is COc1cc(O)cc(OCO)c1. The lowest BCUT2D eigenvalue weighted by atomic mass is 10.3. The van der Waals surface area contributed by atoms with Crippen LogP contribution in [0.1, 0.15) is 0 Å². The Balaban J connectivity index is 2.90. The highest BCUT2D eigenvalue weighted by Gasteiger charge is 1.99. The number of aliphatic hydroxyl groups excluding tert-OH is 1. The molecule has 1 aromatic carbocycles. The van der Waals surface area contributed by atoms with Crippen molar-refractivity contribution >= 4 is 0 Å². The van der Waals surface area contributed by atoms with Gasteiger partial charge in [0.2, 0.25) is 0 Å². The molecule has 0 unspecified atom stereocenters. The van der Waals surface area contributed by atoms with Gasteiger partial charge < -0.3 is 19.7 Å². The molecule has 0 bridgehead atoms. The van der Waals surface area contributed by atoms with E-state index in [1.807, 2.05) is 0 Å². The van der Waals surface area contributed by atoms with Gasteiger partial charge in [-0.2, -0.15) is 0 Å². The molecule has 1 rings (SSSR count). The van der Waals surface area contributed by atoms with Crippen LogP contribution in [-0.2, 0) is 0 Å². The third kappa shape index (κ3) is 2.03. The summed E-state index contributed by atoms with van der Waals surface area (Å²) in [6.07, 6.45) is 0. The molecule has 2 N–H and O–H groups in total. The molecule has 0 heterocycles. The van der Waals surface area contributed by atoms with E-state index in [4.69, 9.17) is 19.7 Å². The quantitative estimate of drug-likeness (QED) is 0.656. The first kappa shape index (κ1) is 8.67. The number of benzene rings is 1. The molecule has 0 atom stereocenters. The van der Waals surface area contributed by atoms with Crippen molar-refractivity contribution < 1.29 is 19.7 Å². The minimum absolute atomic E-state index is 0.0396. The fourth-order valence-corrected chi connectivity index (χ4v) is 0.832. The lowest BCUT2D eigenvalue weighted by molar-refractivity contribution is 0.0981. The van der Waals surface area contributed by atoms with Crippen LogP contribution in [0.2, 0.25) is 0 Å². The molecule has 4 heteroatoms. The van der Waals surface area contributed by atoms with Gasteiger partial charge in [-0.25, -0.2) is 0 Å². The van der Waals surface area contributed by atoms with Crippen LogP contribution in [-0.4, -0.2) is 24.1 Å². The lowest BCUT2D eigenvalue weighted by Gasteiger charge is -2.05. The van der Waals surface area contributed by atoms with Crippen molar-refractivity contribution in [2.24, 2.45) is 0 Å². The second-order valence-corrected chi connectivity index (χ2v) is 2.14. The normalized spacial score (nSPS) is 9.50. The zero-order valence-electron chi connectivity index (χ0n) is 6.65. The van der Waals surface area contributed by atoms with Gasteiger partial charge in [-0.15, -0.1) is 0 Å². The van der Waals surface area contributed by atoms with Crippen LogP contribution in [0.5, 0.6) is 17.2 Å². The van der Waals surface area contributed by atoms with Crippen molar-refractivity contribution in [2.75, 3.05) is 13.9 Å². The Labute approximate surface area is 70.0 Å². The van der Waals surface area contributed by atoms with Crippen molar-refractivity contribution in [3.8, 4) is 17.2 Å². The number of phenols is 1. The molecule has 0 aliphatic rings. The van der Waals surface area contributed by atoms with E-state index >= 15 is 0 Å². The zero-order valence-corrected chi connectivity index (χ0v) is 6.65. The summed E-state index contributed by atoms with van der Waals surface area (Å²) in [4.78, 5) is 0. The highest BCUT2D eigenvalue weighted by molar-refractivity contribution is 5.41. The maximum atomic E-state index is 9.11. The van der Waals surface area contributed by atoms with Gasteiger partial charge in [-0.05, 0) is 0 Å². The number of aromatic hydroxyl groups is 1. The molecule has 0 spiro atoms. The molecule has 0 fully saturated rings. The Morgan fingerprint density at radius 1 is 1.25 bits per heavy atom. The monoisotopic (exact) mass is 170 g/mol. The highest BCUT2D eigenvalue weighted by atomic mass is 16.6. The minimum atomic E-state index is -0.424. The largest absolute Gasteiger partial charge is 0.508 e. The first-order chi connectivity index (χ1) is 5.76. The molecular weight excluding hydrogens is 160 g/mol. The number of hydrogen-bond donors (Lipinski definition) is 2. The second-order valence-electron chi connectivity index (χ2n) is 2.14. The summed E-state index contributed by atoms with van der Waals surface area (Å²) in [6.45, 7) is -0.424. The van der Waals surface area contributed by atoms with Crippen molar-refractivity contribution in [2.45, 2.75) is 0 Å². The standard InChI is InChI=1S/C8H10O4/c1-11-7-2-6(10)3-8(4-7)12-5-9/h2-4,9-10H,5H2,1H3. The summed E-state index contributed by atoms with van der Waals surface area (Å²) < 4.78 is 9.61. The van der Waals surface area contributed by atoms with Crippen LogP contribution in [0.25, 0.3) is 0 Å². The Morgan fingerprint density at radius 2 is 1.92 bits per heavy atom. The fraction of sp³-hybridized carbons (Fsp3) is 0.250. The van der Waals surface area contributed by atoms with E-state index in [0.29, 0.717) is 11.5 Å². The molecule has 1 aromatic rings. The number of ether oxygens (including phenoxy) is 2. The summed E-state index contributed by atoms with van der Waals surface area (Å²) in [7, 11) is 1.48. The first-order valence-electron chi connectivity index (χ1n) is 3.38. The predicted octanol–water partition coefficient (Wildman–Crippen LogP) is 0.729. The van der Waals surface area contributed by atoms with Crippen LogP contribution in [0.15, 0.2) is 18.2 Å². The minimum Gasteiger partial charge on any atom is -0.508 e. The Morgan fingerprint density at radius 3 is 2.50 bits per heavy atom. The number of rotatable bonds is 3. The average molecular weight is 170 g/mol. The zero-order chi connectivity index (χ0) is 8.97. The van der Waals surface area contributed by atoms with Gasteiger partial charge in [0.05, 0.1) is 7.11 Å². The molecule has 0 saturated heterocycles. The van der Waals surface area contributed by atoms with Crippen LogP contribution in [0, 0.1) is 0 Å². The van der Waals surface area contributed by atoms with Crippen LogP contribution in [0.3, 0.4) is 0 Å². The van der Waals surface area contributed by atoms with Gasteiger partial charge in [0.25, 0.3) is 0 Å². The van der Waals surface area contributed by atoms with Crippen molar-refractivity contribution in [1.29, 1.82) is 0 Å². The van der Waals surface area contributed by atoms with E-state index in [9.17, 15) is 0 Å². The second kappa shape index (κ2) is 3.82. The summed E-state index contributed by atoms with van der Waals surface area (Å²) in [5.41, 5.74) is 0. The predicted molar refractivity (Wildman–Crippen MR) is 42.4 cm³/mol. The van der Waals surface area contributed by atoms with Gasteiger partial charge in [-0.1, -0.05) is 0 Å². The van der Waals surface area contributed by atoms with E-state index in [0.717, 1.165) is 0 Å². The smallest absolute Gasteiger partial charge is 0.186 e. The Hall–Kier alpha value is -1.42. The lowest BCUT2D eigenvalue weighted by Crippen LogP contribution is -1.94.